The van der Waals surface area contributed by atoms with Gasteiger partial charge in [0.05, 0.1) is 5.41 Å². The molecule has 46 heavy (non-hydrogen) atoms. The van der Waals surface area contributed by atoms with Crippen molar-refractivity contribution in [3.05, 3.63) is 180 Å². The third-order valence-electron chi connectivity index (χ3n) is 10.7. The second-order valence-corrected chi connectivity index (χ2v) is 13.8. The topological polar surface area (TPSA) is 0 Å². The van der Waals surface area contributed by atoms with E-state index in [4.69, 9.17) is 0 Å². The van der Waals surface area contributed by atoms with Crippen LogP contribution in [0.15, 0.2) is 168 Å². The summed E-state index contributed by atoms with van der Waals surface area (Å²) in [5.74, 6) is 0. The molecule has 1 atom stereocenters. The van der Waals surface area contributed by atoms with Gasteiger partial charge in [-0.05, 0) is 107 Å². The van der Waals surface area contributed by atoms with Gasteiger partial charge in [0.2, 0.25) is 0 Å². The van der Waals surface area contributed by atoms with E-state index in [1.165, 1.54) is 98.1 Å². The van der Waals surface area contributed by atoms with Gasteiger partial charge in [0.1, 0.15) is 0 Å². The van der Waals surface area contributed by atoms with Crippen LogP contribution in [0, 0.1) is 0 Å². The lowest BCUT2D eigenvalue weighted by atomic mass is 9.68. The fraction of sp³-hybridized carbons (Fsp3) is 0.0222. The van der Waals surface area contributed by atoms with E-state index in [1.54, 1.807) is 0 Å². The maximum absolute atomic E-state index is 2.48. The molecule has 8 aromatic rings. The van der Waals surface area contributed by atoms with E-state index in [2.05, 4.69) is 158 Å². The molecule has 0 saturated heterocycles. The molecular formula is C45H26S. The maximum atomic E-state index is 2.48. The van der Waals surface area contributed by atoms with Gasteiger partial charge < -0.3 is 0 Å². The Kier molecular flexibility index (Phi) is 4.80. The molecule has 2 aliphatic carbocycles. The summed E-state index contributed by atoms with van der Waals surface area (Å²) in [5, 5.41) is 5.26. The van der Waals surface area contributed by atoms with Crippen molar-refractivity contribution in [2.24, 2.45) is 0 Å². The van der Waals surface area contributed by atoms with Crippen LogP contribution in [0.4, 0.5) is 0 Å². The molecule has 0 amide bonds. The Labute approximate surface area is 272 Å². The van der Waals surface area contributed by atoms with E-state index >= 15 is 0 Å². The zero-order valence-electron chi connectivity index (χ0n) is 24.9. The molecule has 212 valence electrons. The van der Waals surface area contributed by atoms with Crippen LogP contribution >= 0.6 is 11.8 Å². The third-order valence-corrected chi connectivity index (χ3v) is 11.8. The highest BCUT2D eigenvalue weighted by molar-refractivity contribution is 7.99. The average molecular weight is 599 g/mol. The fourth-order valence-corrected chi connectivity index (χ4v) is 10.1. The normalized spacial score (nSPS) is 16.3. The molecule has 1 unspecified atom stereocenters. The van der Waals surface area contributed by atoms with Gasteiger partial charge in [-0.1, -0.05) is 145 Å². The maximum Gasteiger partial charge on any atom is 0.0731 e. The lowest BCUT2D eigenvalue weighted by Crippen LogP contribution is -2.26. The third kappa shape index (κ3) is 2.97. The summed E-state index contributed by atoms with van der Waals surface area (Å²) in [4.78, 5) is 2.67. The molecule has 0 aromatic heterocycles. The highest BCUT2D eigenvalue weighted by atomic mass is 32.2. The monoisotopic (exact) mass is 598 g/mol. The highest BCUT2D eigenvalue weighted by Gasteiger charge is 2.52. The Bertz CT molecular complexity index is 2630. The van der Waals surface area contributed by atoms with Gasteiger partial charge in [-0.15, -0.1) is 0 Å². The molecule has 1 spiro atoms. The van der Waals surface area contributed by atoms with Gasteiger partial charge in [-0.25, -0.2) is 0 Å². The molecule has 1 aliphatic heterocycles. The van der Waals surface area contributed by atoms with Crippen molar-refractivity contribution >= 4 is 33.3 Å². The molecular weight excluding hydrogens is 573 g/mol. The van der Waals surface area contributed by atoms with Crippen molar-refractivity contribution in [3.8, 4) is 44.5 Å². The summed E-state index contributed by atoms with van der Waals surface area (Å²) in [5.41, 5.74) is 15.8. The van der Waals surface area contributed by atoms with Crippen LogP contribution in [0.3, 0.4) is 0 Å². The predicted molar refractivity (Wildman–Crippen MR) is 193 cm³/mol. The predicted octanol–water partition coefficient (Wildman–Crippen LogP) is 12.1. The van der Waals surface area contributed by atoms with Gasteiger partial charge >= 0.3 is 0 Å². The standard InChI is InChI=1S/C45H26S/c1-2-12-28-26-40-37(25-27(28)11-1)31-14-4-7-21-39(31)45(40)38-20-6-3-13-30(38)36-19-10-18-35(44(36)45)29-23-24-42-43-33(29)16-9-17-34(43)32-15-5-8-22-41(32)46-42/h1-26H. The minimum Gasteiger partial charge on any atom is -0.0888 e. The largest absolute Gasteiger partial charge is 0.0888 e. The summed E-state index contributed by atoms with van der Waals surface area (Å²) < 4.78 is 0. The van der Waals surface area contributed by atoms with E-state index in [0.717, 1.165) is 0 Å². The van der Waals surface area contributed by atoms with E-state index in [1.807, 2.05) is 11.8 Å². The van der Waals surface area contributed by atoms with E-state index in [0.29, 0.717) is 0 Å². The number of hydrogen-bond donors (Lipinski definition) is 0. The summed E-state index contributed by atoms with van der Waals surface area (Å²) in [6.07, 6.45) is 0. The zero-order valence-corrected chi connectivity index (χ0v) is 25.7. The Morgan fingerprint density at radius 2 is 0.935 bits per heavy atom. The number of fused-ring (bicyclic) bond motifs is 13. The molecule has 1 heteroatoms. The van der Waals surface area contributed by atoms with Crippen molar-refractivity contribution in [2.75, 3.05) is 0 Å². The van der Waals surface area contributed by atoms with E-state index < -0.39 is 5.41 Å². The van der Waals surface area contributed by atoms with Crippen LogP contribution in [0.2, 0.25) is 0 Å². The lowest BCUT2D eigenvalue weighted by Gasteiger charge is -2.33. The van der Waals surface area contributed by atoms with Gasteiger partial charge in [0, 0.05) is 15.2 Å². The van der Waals surface area contributed by atoms with Crippen LogP contribution in [0.25, 0.3) is 66.1 Å². The molecule has 0 radical (unpaired) electrons. The van der Waals surface area contributed by atoms with Crippen LogP contribution in [-0.2, 0) is 5.41 Å². The Hall–Kier alpha value is -5.37. The van der Waals surface area contributed by atoms with Crippen molar-refractivity contribution in [3.63, 3.8) is 0 Å². The first-order valence-corrected chi connectivity index (χ1v) is 16.8. The molecule has 0 bridgehead atoms. The first-order valence-electron chi connectivity index (χ1n) is 16.0. The Morgan fingerprint density at radius 3 is 1.74 bits per heavy atom. The van der Waals surface area contributed by atoms with Crippen molar-refractivity contribution in [1.29, 1.82) is 0 Å². The second-order valence-electron chi connectivity index (χ2n) is 12.8. The molecule has 0 fully saturated rings. The fourth-order valence-electron chi connectivity index (χ4n) is 8.92. The van der Waals surface area contributed by atoms with Gasteiger partial charge in [-0.3, -0.25) is 0 Å². The molecule has 0 N–H and O–H groups in total. The molecule has 1 heterocycles. The smallest absolute Gasteiger partial charge is 0.0731 e. The molecule has 0 nitrogen and oxygen atoms in total. The van der Waals surface area contributed by atoms with E-state index in [-0.39, 0.29) is 0 Å². The summed E-state index contributed by atoms with van der Waals surface area (Å²) in [6.45, 7) is 0. The highest BCUT2D eigenvalue weighted by Crippen LogP contribution is 2.65. The lowest BCUT2D eigenvalue weighted by molar-refractivity contribution is 0.797. The number of benzene rings is 8. The molecule has 8 aromatic carbocycles. The van der Waals surface area contributed by atoms with E-state index in [9.17, 15) is 0 Å². The number of rotatable bonds is 1. The minimum atomic E-state index is -0.417. The summed E-state index contributed by atoms with van der Waals surface area (Å²) >= 11 is 1.90. The second kappa shape index (κ2) is 8.88. The first-order chi connectivity index (χ1) is 22.8. The summed E-state index contributed by atoms with van der Waals surface area (Å²) in [6, 6.07) is 59.5. The van der Waals surface area contributed by atoms with Crippen LogP contribution in [0.1, 0.15) is 22.3 Å². The van der Waals surface area contributed by atoms with Crippen molar-refractivity contribution in [2.45, 2.75) is 15.2 Å². The Balaban J connectivity index is 1.29. The van der Waals surface area contributed by atoms with Crippen LogP contribution in [0.5, 0.6) is 0 Å². The van der Waals surface area contributed by atoms with Gasteiger partial charge in [0.25, 0.3) is 0 Å². The number of hydrogen-bond acceptors (Lipinski definition) is 1. The molecule has 3 aliphatic rings. The van der Waals surface area contributed by atoms with Crippen molar-refractivity contribution < 1.29 is 0 Å². The first kappa shape index (κ1) is 24.9. The Morgan fingerprint density at radius 1 is 0.348 bits per heavy atom. The minimum absolute atomic E-state index is 0.417. The molecule has 11 rings (SSSR count). The summed E-state index contributed by atoms with van der Waals surface area (Å²) in [7, 11) is 0. The quantitative estimate of drug-likeness (QED) is 0.181. The average Bonchev–Trinajstić information content (AvgIpc) is 3.58. The SMILES string of the molecule is c1ccc2c(c1)Sc1ccc(-c3cccc4c3C3(c5ccccc5-c5cc6ccccc6cc53)c3ccccc3-4)c3cccc-2c13. The van der Waals surface area contributed by atoms with Crippen LogP contribution in [-0.4, -0.2) is 0 Å². The van der Waals surface area contributed by atoms with Gasteiger partial charge in [0.15, 0.2) is 0 Å². The van der Waals surface area contributed by atoms with Gasteiger partial charge in [-0.2, -0.15) is 0 Å². The molecule has 0 saturated carbocycles. The van der Waals surface area contributed by atoms with Crippen molar-refractivity contribution in [1.82, 2.24) is 0 Å². The van der Waals surface area contributed by atoms with Crippen LogP contribution < -0.4 is 0 Å². The zero-order chi connectivity index (χ0) is 30.0.